The minimum Gasteiger partial charge on any atom is -0.387 e. The lowest BCUT2D eigenvalue weighted by Crippen LogP contribution is -2.30. The summed E-state index contributed by atoms with van der Waals surface area (Å²) < 4.78 is 25.8. The van der Waals surface area contributed by atoms with Gasteiger partial charge in [0, 0.05) is 0 Å². The van der Waals surface area contributed by atoms with Crippen molar-refractivity contribution in [1.29, 1.82) is 0 Å². The van der Waals surface area contributed by atoms with Gasteiger partial charge in [-0.05, 0) is 30.0 Å². The molecule has 0 bridgehead atoms. The van der Waals surface area contributed by atoms with Gasteiger partial charge in [0.1, 0.15) is 0 Å². The average Bonchev–Trinajstić information content (AvgIpc) is 2.53. The van der Waals surface area contributed by atoms with Crippen molar-refractivity contribution in [3.05, 3.63) is 66.2 Å². The molecule has 22 heavy (non-hydrogen) atoms. The molecule has 0 saturated carbocycles. The van der Waals surface area contributed by atoms with Crippen LogP contribution in [0.5, 0.6) is 0 Å². The third-order valence-corrected chi connectivity index (χ3v) is 5.84. The second kappa shape index (κ2) is 7.07. The molecule has 0 aliphatic carbocycles. The van der Waals surface area contributed by atoms with Crippen LogP contribution in [-0.2, 0) is 9.84 Å². The Morgan fingerprint density at radius 1 is 0.909 bits per heavy atom. The van der Waals surface area contributed by atoms with Gasteiger partial charge in [0.2, 0.25) is 0 Å². The monoisotopic (exact) mass is 318 g/mol. The van der Waals surface area contributed by atoms with Gasteiger partial charge in [-0.15, -0.1) is 0 Å². The molecule has 0 spiro atoms. The third kappa shape index (κ3) is 3.76. The summed E-state index contributed by atoms with van der Waals surface area (Å²) in [5.41, 5.74) is 0.632. The Balaban J connectivity index is 2.42. The van der Waals surface area contributed by atoms with E-state index in [4.69, 9.17) is 0 Å². The molecule has 0 aliphatic rings. The van der Waals surface area contributed by atoms with Crippen LogP contribution in [-0.4, -0.2) is 18.8 Å². The van der Waals surface area contributed by atoms with Gasteiger partial charge in [-0.1, -0.05) is 62.4 Å². The zero-order chi connectivity index (χ0) is 16.2. The molecule has 2 aromatic rings. The first kappa shape index (κ1) is 16.7. The summed E-state index contributed by atoms with van der Waals surface area (Å²) in [4.78, 5) is 0.260. The van der Waals surface area contributed by atoms with Gasteiger partial charge in [0.05, 0.1) is 16.2 Å². The summed E-state index contributed by atoms with van der Waals surface area (Å²) in [6, 6.07) is 17.3. The van der Waals surface area contributed by atoms with E-state index in [0.29, 0.717) is 12.0 Å². The van der Waals surface area contributed by atoms with E-state index >= 15 is 0 Å². The topological polar surface area (TPSA) is 54.4 Å². The summed E-state index contributed by atoms with van der Waals surface area (Å²) in [6.07, 6.45) is -0.624. The quantitative estimate of drug-likeness (QED) is 0.885. The van der Waals surface area contributed by atoms with E-state index in [0.717, 1.165) is 0 Å². The lowest BCUT2D eigenvalue weighted by atomic mass is 9.99. The minimum absolute atomic E-state index is 0.168. The molecule has 2 rings (SSSR count). The highest BCUT2D eigenvalue weighted by molar-refractivity contribution is 7.92. The Kier molecular flexibility index (Phi) is 5.37. The second-order valence-electron chi connectivity index (χ2n) is 5.88. The molecule has 0 saturated heterocycles. The first-order valence-electron chi connectivity index (χ1n) is 7.45. The van der Waals surface area contributed by atoms with Gasteiger partial charge >= 0.3 is 0 Å². The van der Waals surface area contributed by atoms with E-state index in [1.54, 1.807) is 54.6 Å². The Bertz CT molecular complexity index is 679. The van der Waals surface area contributed by atoms with Crippen molar-refractivity contribution < 1.29 is 13.5 Å². The third-order valence-electron chi connectivity index (χ3n) is 3.67. The summed E-state index contributed by atoms with van der Waals surface area (Å²) in [7, 11) is -3.59. The lowest BCUT2D eigenvalue weighted by molar-refractivity contribution is 0.162. The zero-order valence-electron chi connectivity index (χ0n) is 12.9. The van der Waals surface area contributed by atoms with Crippen LogP contribution >= 0.6 is 0 Å². The molecule has 0 radical (unpaired) electrons. The van der Waals surface area contributed by atoms with E-state index in [-0.39, 0.29) is 10.8 Å². The zero-order valence-corrected chi connectivity index (χ0v) is 13.7. The van der Waals surface area contributed by atoms with Crippen LogP contribution in [0.1, 0.15) is 31.9 Å². The first-order valence-corrected chi connectivity index (χ1v) is 8.99. The first-order chi connectivity index (χ1) is 10.4. The summed E-state index contributed by atoms with van der Waals surface area (Å²) in [5, 5.41) is 9.80. The van der Waals surface area contributed by atoms with E-state index in [9.17, 15) is 13.5 Å². The predicted octanol–water partition coefficient (Wildman–Crippen LogP) is 3.61. The van der Waals surface area contributed by atoms with E-state index in [2.05, 4.69) is 0 Å². The molecule has 118 valence electrons. The van der Waals surface area contributed by atoms with Crippen molar-refractivity contribution in [2.75, 3.05) is 0 Å². The number of rotatable bonds is 6. The molecule has 0 aromatic heterocycles. The smallest absolute Gasteiger partial charge is 0.184 e. The van der Waals surface area contributed by atoms with Crippen LogP contribution < -0.4 is 0 Å². The van der Waals surface area contributed by atoms with E-state index in [1.165, 1.54) is 0 Å². The maximum atomic E-state index is 12.9. The van der Waals surface area contributed by atoms with E-state index in [1.807, 2.05) is 19.9 Å². The van der Waals surface area contributed by atoms with Gasteiger partial charge in [-0.3, -0.25) is 0 Å². The van der Waals surface area contributed by atoms with Crippen molar-refractivity contribution in [3.8, 4) is 0 Å². The van der Waals surface area contributed by atoms with Crippen molar-refractivity contribution in [2.45, 2.75) is 36.5 Å². The van der Waals surface area contributed by atoms with Gasteiger partial charge in [-0.2, -0.15) is 0 Å². The number of hydrogen-bond donors (Lipinski definition) is 1. The van der Waals surface area contributed by atoms with Crippen LogP contribution in [0.2, 0.25) is 0 Å². The Morgan fingerprint density at radius 2 is 1.41 bits per heavy atom. The molecular weight excluding hydrogens is 296 g/mol. The average molecular weight is 318 g/mol. The van der Waals surface area contributed by atoms with Crippen LogP contribution in [0.3, 0.4) is 0 Å². The molecule has 2 atom stereocenters. The number of aliphatic hydroxyl groups excluding tert-OH is 1. The highest BCUT2D eigenvalue weighted by Crippen LogP contribution is 2.31. The maximum absolute atomic E-state index is 12.9. The molecule has 0 unspecified atom stereocenters. The predicted molar refractivity (Wildman–Crippen MR) is 88.3 cm³/mol. The highest BCUT2D eigenvalue weighted by Gasteiger charge is 2.34. The molecule has 0 aliphatic heterocycles. The lowest BCUT2D eigenvalue weighted by Gasteiger charge is -2.25. The second-order valence-corrected chi connectivity index (χ2v) is 8.05. The molecule has 0 amide bonds. The van der Waals surface area contributed by atoms with Gasteiger partial charge in [-0.25, -0.2) is 8.42 Å². The SMILES string of the molecule is CC(C)C[C@H]([C@@H](O)c1ccccc1)S(=O)(=O)c1ccccc1. The Morgan fingerprint density at radius 3 is 1.91 bits per heavy atom. The summed E-state index contributed by atoms with van der Waals surface area (Å²) >= 11 is 0. The summed E-state index contributed by atoms with van der Waals surface area (Å²) in [6.45, 7) is 3.93. The van der Waals surface area contributed by atoms with Crippen LogP contribution in [0, 0.1) is 5.92 Å². The van der Waals surface area contributed by atoms with Crippen molar-refractivity contribution in [1.82, 2.24) is 0 Å². The fraction of sp³-hybridized carbons (Fsp3) is 0.333. The van der Waals surface area contributed by atoms with Crippen LogP contribution in [0.4, 0.5) is 0 Å². The molecular formula is C18H22O3S. The van der Waals surface area contributed by atoms with E-state index < -0.39 is 21.2 Å². The molecule has 4 heteroatoms. The normalized spacial score (nSPS) is 14.7. The Labute approximate surface area is 132 Å². The fourth-order valence-corrected chi connectivity index (χ4v) is 4.56. The van der Waals surface area contributed by atoms with Crippen LogP contribution in [0.15, 0.2) is 65.6 Å². The highest BCUT2D eigenvalue weighted by atomic mass is 32.2. The largest absolute Gasteiger partial charge is 0.387 e. The minimum atomic E-state index is -3.59. The van der Waals surface area contributed by atoms with Crippen molar-refractivity contribution in [3.63, 3.8) is 0 Å². The van der Waals surface area contributed by atoms with Gasteiger partial charge in [0.15, 0.2) is 9.84 Å². The molecule has 0 heterocycles. The number of benzene rings is 2. The van der Waals surface area contributed by atoms with Crippen molar-refractivity contribution >= 4 is 9.84 Å². The summed E-state index contributed by atoms with van der Waals surface area (Å²) in [5.74, 6) is 0.168. The number of hydrogen-bond acceptors (Lipinski definition) is 3. The van der Waals surface area contributed by atoms with Crippen molar-refractivity contribution in [2.24, 2.45) is 5.92 Å². The molecule has 3 nitrogen and oxygen atoms in total. The van der Waals surface area contributed by atoms with Gasteiger partial charge < -0.3 is 5.11 Å². The molecule has 2 aromatic carbocycles. The van der Waals surface area contributed by atoms with Gasteiger partial charge in [0.25, 0.3) is 0 Å². The Hall–Kier alpha value is -1.65. The molecule has 0 fully saturated rings. The van der Waals surface area contributed by atoms with Crippen LogP contribution in [0.25, 0.3) is 0 Å². The number of sulfone groups is 1. The standard InChI is InChI=1S/C18H22O3S/c1-14(2)13-17(18(19)15-9-5-3-6-10-15)22(20,21)16-11-7-4-8-12-16/h3-12,14,17-19H,13H2,1-2H3/t17-,18+/m1/s1. The number of aliphatic hydroxyl groups is 1. The maximum Gasteiger partial charge on any atom is 0.184 e. The molecule has 1 N–H and O–H groups in total. The fourth-order valence-electron chi connectivity index (χ4n) is 2.54.